The van der Waals surface area contributed by atoms with Gasteiger partial charge in [-0.05, 0) is 5.56 Å². The number of carbonyl (C=O) groups is 5. The van der Waals surface area contributed by atoms with E-state index in [0.29, 0.717) is 5.56 Å². The Kier molecular flexibility index (Phi) is 9.80. The van der Waals surface area contributed by atoms with E-state index < -0.39 is 67.2 Å². The molecule has 1 heterocycles. The normalized spacial score (nSPS) is 23.7. The van der Waals surface area contributed by atoms with E-state index in [1.807, 2.05) is 0 Å². The first-order chi connectivity index (χ1) is 16.1. The molecule has 12 heteroatoms. The van der Waals surface area contributed by atoms with Gasteiger partial charge in [0.05, 0.1) is 0 Å². The number of rotatable bonds is 8. The maximum absolute atomic E-state index is 12.5. The van der Waals surface area contributed by atoms with Crippen molar-refractivity contribution in [1.29, 1.82) is 0 Å². The molecule has 0 aliphatic carbocycles. The highest BCUT2D eigenvalue weighted by Crippen LogP contribution is 2.28. The van der Waals surface area contributed by atoms with Crippen LogP contribution in [-0.4, -0.2) is 67.2 Å². The van der Waals surface area contributed by atoms with Crippen molar-refractivity contribution in [2.75, 3.05) is 6.61 Å². The fourth-order valence-electron chi connectivity index (χ4n) is 3.22. The van der Waals surface area contributed by atoms with Gasteiger partial charge in [-0.1, -0.05) is 30.3 Å². The Balaban J connectivity index is 2.30. The smallest absolute Gasteiger partial charge is 0.408 e. The van der Waals surface area contributed by atoms with Crippen LogP contribution >= 0.6 is 0 Å². The van der Waals surface area contributed by atoms with E-state index in [0.717, 1.165) is 27.7 Å². The number of hydrogen-bond acceptors (Lipinski definition) is 11. The van der Waals surface area contributed by atoms with Crippen molar-refractivity contribution in [2.45, 2.75) is 64.9 Å². The van der Waals surface area contributed by atoms with Gasteiger partial charge in [-0.15, -0.1) is 0 Å². The number of benzene rings is 1. The van der Waals surface area contributed by atoms with Gasteiger partial charge in [-0.25, -0.2) is 4.79 Å². The van der Waals surface area contributed by atoms with Gasteiger partial charge in [0.15, 0.2) is 12.2 Å². The Morgan fingerprint density at radius 1 is 0.794 bits per heavy atom. The average molecular weight is 481 g/mol. The van der Waals surface area contributed by atoms with Gasteiger partial charge < -0.3 is 33.7 Å². The van der Waals surface area contributed by atoms with Gasteiger partial charge in [-0.2, -0.15) is 0 Å². The largest absolute Gasteiger partial charge is 0.463 e. The monoisotopic (exact) mass is 481 g/mol. The fourth-order valence-corrected chi connectivity index (χ4v) is 3.22. The molecule has 0 spiro atoms. The topological polar surface area (TPSA) is 153 Å². The summed E-state index contributed by atoms with van der Waals surface area (Å²) in [5.74, 6) is -2.95. The average Bonchev–Trinajstić information content (AvgIpc) is 2.74. The molecule has 0 saturated carbocycles. The summed E-state index contributed by atoms with van der Waals surface area (Å²) in [6.07, 6.45) is -6.29. The van der Waals surface area contributed by atoms with Crippen molar-refractivity contribution in [3.63, 3.8) is 0 Å². The quantitative estimate of drug-likeness (QED) is 0.418. The fraction of sp³-hybridized carbons (Fsp3) is 0.500. The minimum atomic E-state index is -1.49. The van der Waals surface area contributed by atoms with E-state index in [1.165, 1.54) is 0 Å². The van der Waals surface area contributed by atoms with Crippen LogP contribution in [0.4, 0.5) is 4.79 Å². The van der Waals surface area contributed by atoms with Gasteiger partial charge >= 0.3 is 30.0 Å². The summed E-state index contributed by atoms with van der Waals surface area (Å²) in [6, 6.07) is 7.51. The molecule has 1 aromatic carbocycles. The van der Waals surface area contributed by atoms with Crippen LogP contribution in [0.3, 0.4) is 0 Å². The molecule has 2 rings (SSSR count). The lowest BCUT2D eigenvalue weighted by Gasteiger charge is -2.44. The summed E-state index contributed by atoms with van der Waals surface area (Å²) in [7, 11) is 0. The van der Waals surface area contributed by atoms with Gasteiger partial charge in [-0.3, -0.25) is 19.2 Å². The van der Waals surface area contributed by atoms with Crippen molar-refractivity contribution in [1.82, 2.24) is 5.32 Å². The van der Waals surface area contributed by atoms with Crippen LogP contribution in [0.5, 0.6) is 0 Å². The van der Waals surface area contributed by atoms with Crippen LogP contribution in [0.1, 0.15) is 33.3 Å². The summed E-state index contributed by atoms with van der Waals surface area (Å²) < 4.78 is 31.6. The summed E-state index contributed by atoms with van der Waals surface area (Å²) in [5, 5.41) is 2.45. The molecule has 1 saturated heterocycles. The Morgan fingerprint density at radius 2 is 1.38 bits per heavy atom. The lowest BCUT2D eigenvalue weighted by atomic mass is 9.96. The summed E-state index contributed by atoms with van der Waals surface area (Å²) in [6.45, 7) is 4.00. The number of ether oxygens (including phenoxy) is 6. The maximum atomic E-state index is 12.5. The van der Waals surface area contributed by atoms with Gasteiger partial charge in [0.25, 0.3) is 0 Å². The summed E-state index contributed by atoms with van der Waals surface area (Å²) >= 11 is 0. The molecule has 12 nitrogen and oxygen atoms in total. The van der Waals surface area contributed by atoms with Crippen molar-refractivity contribution < 1.29 is 52.4 Å². The van der Waals surface area contributed by atoms with E-state index in [9.17, 15) is 24.0 Å². The second-order valence-electron chi connectivity index (χ2n) is 7.33. The molecule has 186 valence electrons. The molecule has 0 radical (unpaired) electrons. The first-order valence-corrected chi connectivity index (χ1v) is 10.3. The third-order valence-corrected chi connectivity index (χ3v) is 4.48. The van der Waals surface area contributed by atoms with E-state index in [-0.39, 0.29) is 6.61 Å². The SMILES string of the molecule is CC(=O)OC[C@H]1O[C@H](OC(C)=O)[C@H](NC(=O)OCc2ccccc2)[C@@H](OC(C)=O)[C@@H]1OC(C)=O. The lowest BCUT2D eigenvalue weighted by molar-refractivity contribution is -0.270. The molecule has 1 fully saturated rings. The maximum Gasteiger partial charge on any atom is 0.408 e. The predicted octanol–water partition coefficient (Wildman–Crippen LogP) is 0.996. The van der Waals surface area contributed by atoms with E-state index in [2.05, 4.69) is 5.32 Å². The van der Waals surface area contributed by atoms with E-state index >= 15 is 0 Å². The number of amides is 1. The molecule has 1 aromatic rings. The van der Waals surface area contributed by atoms with Crippen molar-refractivity contribution in [2.24, 2.45) is 0 Å². The van der Waals surface area contributed by atoms with Crippen LogP contribution in [0.2, 0.25) is 0 Å². The third kappa shape index (κ3) is 8.35. The van der Waals surface area contributed by atoms with Crippen LogP contribution in [-0.2, 0) is 54.2 Å². The molecular formula is C22H27NO11. The third-order valence-electron chi connectivity index (χ3n) is 4.48. The highest BCUT2D eigenvalue weighted by atomic mass is 16.7. The molecule has 1 aliphatic rings. The minimum absolute atomic E-state index is 0.0703. The standard InChI is InChI=1S/C22H27NO11/c1-12(24)29-11-17-19(31-13(2)25)20(32-14(3)26)18(21(34-17)33-15(4)27)23-22(28)30-10-16-8-6-5-7-9-16/h5-9,17-21H,10-11H2,1-4H3,(H,23,28)/t17-,18-,19-,20-,21+/m1/s1. The van der Waals surface area contributed by atoms with Crippen LogP contribution in [0.25, 0.3) is 0 Å². The van der Waals surface area contributed by atoms with Crippen LogP contribution in [0, 0.1) is 0 Å². The number of esters is 4. The zero-order valence-corrected chi connectivity index (χ0v) is 19.2. The lowest BCUT2D eigenvalue weighted by Crippen LogP contribution is -2.67. The second kappa shape index (κ2) is 12.5. The number of carbonyl (C=O) groups excluding carboxylic acids is 5. The highest BCUT2D eigenvalue weighted by Gasteiger charge is 2.52. The Bertz CT molecular complexity index is 888. The number of alkyl carbamates (subject to hydrolysis) is 1. The zero-order chi connectivity index (χ0) is 25.3. The first-order valence-electron chi connectivity index (χ1n) is 10.3. The number of hydrogen-bond donors (Lipinski definition) is 1. The Labute approximate surface area is 195 Å². The summed E-state index contributed by atoms with van der Waals surface area (Å²) in [4.78, 5) is 59.1. The molecule has 1 amide bonds. The molecule has 0 aromatic heterocycles. The first kappa shape index (κ1) is 26.6. The molecule has 34 heavy (non-hydrogen) atoms. The molecule has 0 unspecified atom stereocenters. The van der Waals surface area contributed by atoms with E-state index in [1.54, 1.807) is 30.3 Å². The van der Waals surface area contributed by atoms with E-state index in [4.69, 9.17) is 28.4 Å². The Hall–Kier alpha value is -3.67. The molecule has 1 N–H and O–H groups in total. The molecular weight excluding hydrogens is 454 g/mol. The summed E-state index contributed by atoms with van der Waals surface area (Å²) in [5.41, 5.74) is 0.713. The minimum Gasteiger partial charge on any atom is -0.463 e. The zero-order valence-electron chi connectivity index (χ0n) is 19.2. The Morgan fingerprint density at radius 3 is 1.94 bits per heavy atom. The van der Waals surface area contributed by atoms with Gasteiger partial charge in [0, 0.05) is 27.7 Å². The predicted molar refractivity (Wildman–Crippen MR) is 112 cm³/mol. The van der Waals surface area contributed by atoms with Crippen molar-refractivity contribution in [3.05, 3.63) is 35.9 Å². The highest BCUT2D eigenvalue weighted by molar-refractivity contribution is 5.70. The van der Waals surface area contributed by atoms with Crippen LogP contribution < -0.4 is 5.32 Å². The molecule has 1 aliphatic heterocycles. The molecule has 0 bridgehead atoms. The molecule has 5 atom stereocenters. The van der Waals surface area contributed by atoms with Crippen molar-refractivity contribution >= 4 is 30.0 Å². The number of nitrogens with one attached hydrogen (secondary N) is 1. The van der Waals surface area contributed by atoms with Gasteiger partial charge in [0.1, 0.15) is 25.4 Å². The van der Waals surface area contributed by atoms with Gasteiger partial charge in [0.2, 0.25) is 6.29 Å². The van der Waals surface area contributed by atoms with Crippen molar-refractivity contribution in [3.8, 4) is 0 Å². The second-order valence-corrected chi connectivity index (χ2v) is 7.33. The van der Waals surface area contributed by atoms with Crippen LogP contribution in [0.15, 0.2) is 30.3 Å².